The SMILES string of the molecule is Cc1nc(Cl)ccc1NS(=O)(=O)c1cccc(N)c1. The molecule has 0 saturated carbocycles. The normalized spacial score (nSPS) is 11.3. The third kappa shape index (κ3) is 3.15. The van der Waals surface area contributed by atoms with E-state index in [2.05, 4.69) is 9.71 Å². The Hall–Kier alpha value is -1.79. The number of benzene rings is 1. The Morgan fingerprint density at radius 3 is 2.63 bits per heavy atom. The first-order valence-corrected chi connectivity index (χ1v) is 7.26. The summed E-state index contributed by atoms with van der Waals surface area (Å²) in [5, 5.41) is 0.310. The predicted molar refractivity (Wildman–Crippen MR) is 75.6 cm³/mol. The van der Waals surface area contributed by atoms with Gasteiger partial charge in [-0.3, -0.25) is 4.72 Å². The highest BCUT2D eigenvalue weighted by molar-refractivity contribution is 7.92. The number of sulfonamides is 1. The van der Waals surface area contributed by atoms with Crippen LogP contribution in [0.4, 0.5) is 11.4 Å². The second-order valence-corrected chi connectivity index (χ2v) is 6.01. The number of nitrogens with one attached hydrogen (secondary N) is 1. The topological polar surface area (TPSA) is 85.1 Å². The van der Waals surface area contributed by atoms with Crippen LogP contribution in [0.25, 0.3) is 0 Å². The van der Waals surface area contributed by atoms with Crippen molar-refractivity contribution in [3.63, 3.8) is 0 Å². The minimum Gasteiger partial charge on any atom is -0.399 e. The van der Waals surface area contributed by atoms with Crippen LogP contribution in [0.2, 0.25) is 5.15 Å². The highest BCUT2D eigenvalue weighted by atomic mass is 35.5. The average molecular weight is 298 g/mol. The number of aromatic nitrogens is 1. The number of anilines is 2. The maximum Gasteiger partial charge on any atom is 0.262 e. The smallest absolute Gasteiger partial charge is 0.262 e. The van der Waals surface area contributed by atoms with Gasteiger partial charge in [0.25, 0.3) is 10.0 Å². The molecule has 2 aromatic rings. The van der Waals surface area contributed by atoms with Gasteiger partial charge in [0.2, 0.25) is 0 Å². The van der Waals surface area contributed by atoms with Gasteiger partial charge in [-0.05, 0) is 37.3 Å². The first kappa shape index (κ1) is 13.6. The van der Waals surface area contributed by atoms with E-state index in [0.717, 1.165) is 0 Å². The third-order valence-electron chi connectivity index (χ3n) is 2.46. The second kappa shape index (κ2) is 5.07. The van der Waals surface area contributed by atoms with Crippen LogP contribution >= 0.6 is 11.6 Å². The Morgan fingerprint density at radius 2 is 2.00 bits per heavy atom. The monoisotopic (exact) mass is 297 g/mol. The number of aryl methyl sites for hydroxylation is 1. The molecule has 1 heterocycles. The molecule has 0 aliphatic carbocycles. The molecule has 0 aliphatic rings. The largest absolute Gasteiger partial charge is 0.399 e. The number of rotatable bonds is 3. The van der Waals surface area contributed by atoms with Gasteiger partial charge < -0.3 is 5.73 Å². The zero-order chi connectivity index (χ0) is 14.0. The number of nitrogen functional groups attached to an aromatic ring is 1. The molecule has 0 unspecified atom stereocenters. The third-order valence-corrected chi connectivity index (χ3v) is 4.04. The molecule has 19 heavy (non-hydrogen) atoms. The molecule has 0 aliphatic heterocycles. The molecule has 0 saturated heterocycles. The van der Waals surface area contributed by atoms with Gasteiger partial charge in [0.05, 0.1) is 16.3 Å². The van der Waals surface area contributed by atoms with Crippen molar-refractivity contribution < 1.29 is 8.42 Å². The molecule has 0 bridgehead atoms. The lowest BCUT2D eigenvalue weighted by Crippen LogP contribution is -2.14. The standard InChI is InChI=1S/C12H12ClN3O2S/c1-8-11(5-6-12(13)15-8)16-19(17,18)10-4-2-3-9(14)7-10/h2-7,16H,14H2,1H3. The van der Waals surface area contributed by atoms with Crippen molar-refractivity contribution in [3.8, 4) is 0 Å². The zero-order valence-electron chi connectivity index (χ0n) is 10.1. The van der Waals surface area contributed by atoms with Crippen LogP contribution in [0.3, 0.4) is 0 Å². The molecular formula is C12H12ClN3O2S. The molecule has 2 rings (SSSR count). The second-order valence-electron chi connectivity index (χ2n) is 3.94. The summed E-state index contributed by atoms with van der Waals surface area (Å²) in [5.41, 5.74) is 6.84. The number of nitrogens with zero attached hydrogens (tertiary/aromatic N) is 1. The Kier molecular flexibility index (Phi) is 3.64. The molecule has 0 fully saturated rings. The van der Waals surface area contributed by atoms with Crippen LogP contribution in [0.5, 0.6) is 0 Å². The van der Waals surface area contributed by atoms with E-state index < -0.39 is 10.0 Å². The van der Waals surface area contributed by atoms with Gasteiger partial charge in [0.1, 0.15) is 5.15 Å². The summed E-state index contributed by atoms with van der Waals surface area (Å²) in [5.74, 6) is 0. The van der Waals surface area contributed by atoms with E-state index in [1.165, 1.54) is 18.2 Å². The van der Waals surface area contributed by atoms with Gasteiger partial charge in [0, 0.05) is 5.69 Å². The van der Waals surface area contributed by atoms with Gasteiger partial charge in [-0.25, -0.2) is 13.4 Å². The van der Waals surface area contributed by atoms with Gasteiger partial charge in [-0.1, -0.05) is 17.7 Å². The molecule has 7 heteroatoms. The predicted octanol–water partition coefficient (Wildman–Crippen LogP) is 2.43. The molecule has 0 spiro atoms. The summed E-state index contributed by atoms with van der Waals surface area (Å²) >= 11 is 5.72. The Labute approximate surface area is 116 Å². The summed E-state index contributed by atoms with van der Waals surface area (Å²) in [6, 6.07) is 9.14. The number of hydrogen-bond acceptors (Lipinski definition) is 4. The first-order valence-electron chi connectivity index (χ1n) is 5.40. The van der Waals surface area contributed by atoms with E-state index in [1.807, 2.05) is 0 Å². The maximum absolute atomic E-state index is 12.2. The number of halogens is 1. The molecule has 5 nitrogen and oxygen atoms in total. The molecule has 0 amide bonds. The van der Waals surface area contributed by atoms with Crippen molar-refractivity contribution in [2.45, 2.75) is 11.8 Å². The quantitative estimate of drug-likeness (QED) is 0.673. The number of pyridine rings is 1. The lowest BCUT2D eigenvalue weighted by atomic mass is 10.3. The van der Waals surface area contributed by atoms with Crippen molar-refractivity contribution in [3.05, 3.63) is 47.2 Å². The Bertz CT molecular complexity index is 717. The van der Waals surface area contributed by atoms with Crippen LogP contribution < -0.4 is 10.5 Å². The van der Waals surface area contributed by atoms with Gasteiger partial charge >= 0.3 is 0 Å². The minimum absolute atomic E-state index is 0.0989. The Balaban J connectivity index is 2.36. The van der Waals surface area contributed by atoms with Crippen LogP contribution in [0.15, 0.2) is 41.3 Å². The van der Waals surface area contributed by atoms with Crippen LogP contribution in [0, 0.1) is 6.92 Å². The Morgan fingerprint density at radius 1 is 1.26 bits per heavy atom. The number of hydrogen-bond donors (Lipinski definition) is 2. The summed E-state index contributed by atoms with van der Waals surface area (Å²) in [6.07, 6.45) is 0. The van der Waals surface area contributed by atoms with Crippen molar-refractivity contribution >= 4 is 33.0 Å². The van der Waals surface area contributed by atoms with Crippen LogP contribution in [-0.2, 0) is 10.0 Å². The summed E-state index contributed by atoms with van der Waals surface area (Å²) in [7, 11) is -3.68. The molecule has 0 atom stereocenters. The lowest BCUT2D eigenvalue weighted by molar-refractivity contribution is 0.601. The lowest BCUT2D eigenvalue weighted by Gasteiger charge is -2.10. The maximum atomic E-state index is 12.2. The molecular weight excluding hydrogens is 286 g/mol. The highest BCUT2D eigenvalue weighted by Crippen LogP contribution is 2.21. The summed E-state index contributed by atoms with van der Waals surface area (Å²) in [6.45, 7) is 1.67. The molecule has 1 aromatic heterocycles. The van der Waals surface area contributed by atoms with Crippen LogP contribution in [0.1, 0.15) is 5.69 Å². The number of nitrogens with two attached hydrogens (primary N) is 1. The van der Waals surface area contributed by atoms with Crippen LogP contribution in [-0.4, -0.2) is 13.4 Å². The van der Waals surface area contributed by atoms with E-state index in [1.54, 1.807) is 25.1 Å². The van der Waals surface area contributed by atoms with Gasteiger partial charge in [0.15, 0.2) is 0 Å². The first-order chi connectivity index (χ1) is 8.88. The van der Waals surface area contributed by atoms with E-state index in [-0.39, 0.29) is 4.90 Å². The minimum atomic E-state index is -3.68. The van der Waals surface area contributed by atoms with E-state index in [4.69, 9.17) is 17.3 Å². The van der Waals surface area contributed by atoms with Crippen molar-refractivity contribution in [2.75, 3.05) is 10.5 Å². The van der Waals surface area contributed by atoms with Crippen molar-refractivity contribution in [2.24, 2.45) is 0 Å². The van der Waals surface area contributed by atoms with E-state index in [0.29, 0.717) is 22.2 Å². The van der Waals surface area contributed by atoms with Crippen molar-refractivity contribution in [1.29, 1.82) is 0 Å². The fourth-order valence-corrected chi connectivity index (χ4v) is 2.89. The summed E-state index contributed by atoms with van der Waals surface area (Å²) < 4.78 is 26.8. The van der Waals surface area contributed by atoms with Gasteiger partial charge in [-0.2, -0.15) is 0 Å². The van der Waals surface area contributed by atoms with Crippen molar-refractivity contribution in [1.82, 2.24) is 4.98 Å². The molecule has 3 N–H and O–H groups in total. The molecule has 0 radical (unpaired) electrons. The van der Waals surface area contributed by atoms with E-state index in [9.17, 15) is 8.42 Å². The highest BCUT2D eigenvalue weighted by Gasteiger charge is 2.15. The van der Waals surface area contributed by atoms with Gasteiger partial charge in [-0.15, -0.1) is 0 Å². The zero-order valence-corrected chi connectivity index (χ0v) is 11.7. The fraction of sp³-hybridized carbons (Fsp3) is 0.0833. The van der Waals surface area contributed by atoms with E-state index >= 15 is 0 Å². The summed E-state index contributed by atoms with van der Waals surface area (Å²) in [4.78, 5) is 4.08. The fourth-order valence-electron chi connectivity index (χ4n) is 1.52. The average Bonchev–Trinajstić information content (AvgIpc) is 2.33. The molecule has 100 valence electrons. The molecule has 1 aromatic carbocycles.